The second kappa shape index (κ2) is 4.30. The lowest BCUT2D eigenvalue weighted by Crippen LogP contribution is -2.42. The third kappa shape index (κ3) is 2.61. The van der Waals surface area contributed by atoms with Gasteiger partial charge in [-0.2, -0.15) is 0 Å². The number of carboxylic acids is 1. The topological polar surface area (TPSA) is 60.9 Å². The molecule has 0 aromatic heterocycles. The van der Waals surface area contributed by atoms with E-state index in [1.165, 1.54) is 11.9 Å². The van der Waals surface area contributed by atoms with E-state index >= 15 is 0 Å². The zero-order valence-electron chi connectivity index (χ0n) is 8.56. The number of likely N-dealkylation sites (N-methyl/N-ethyl adjacent to an activating group) is 1. The van der Waals surface area contributed by atoms with Crippen LogP contribution in [0.25, 0.3) is 0 Å². The van der Waals surface area contributed by atoms with Crippen LogP contribution in [0.1, 0.15) is 13.3 Å². The van der Waals surface area contributed by atoms with Gasteiger partial charge in [0.05, 0.1) is 0 Å². The second-order valence-electron chi connectivity index (χ2n) is 3.87. The molecule has 80 valence electrons. The van der Waals surface area contributed by atoms with Crippen LogP contribution in [-0.4, -0.2) is 53.6 Å². The summed E-state index contributed by atoms with van der Waals surface area (Å²) in [7, 11) is 1.51. The number of hydrogen-bond acceptors (Lipinski definition) is 2. The van der Waals surface area contributed by atoms with Gasteiger partial charge < -0.3 is 14.9 Å². The van der Waals surface area contributed by atoms with Gasteiger partial charge in [0, 0.05) is 20.1 Å². The molecule has 0 saturated carbocycles. The maximum absolute atomic E-state index is 11.6. The van der Waals surface area contributed by atoms with E-state index in [2.05, 4.69) is 6.92 Å². The van der Waals surface area contributed by atoms with Crippen molar-refractivity contribution in [2.45, 2.75) is 13.3 Å². The average molecular weight is 200 g/mol. The third-order valence-electron chi connectivity index (χ3n) is 2.39. The van der Waals surface area contributed by atoms with Crippen LogP contribution in [-0.2, 0) is 4.79 Å². The molecule has 14 heavy (non-hydrogen) atoms. The van der Waals surface area contributed by atoms with Gasteiger partial charge in [-0.05, 0) is 12.3 Å². The molecule has 1 aliphatic rings. The van der Waals surface area contributed by atoms with E-state index in [0.29, 0.717) is 5.92 Å². The van der Waals surface area contributed by atoms with Crippen LogP contribution >= 0.6 is 0 Å². The van der Waals surface area contributed by atoms with Gasteiger partial charge in [-0.25, -0.2) is 4.79 Å². The van der Waals surface area contributed by atoms with Crippen LogP contribution in [0.2, 0.25) is 0 Å². The van der Waals surface area contributed by atoms with E-state index in [-0.39, 0.29) is 12.6 Å². The van der Waals surface area contributed by atoms with Gasteiger partial charge >= 0.3 is 12.0 Å². The van der Waals surface area contributed by atoms with Crippen molar-refractivity contribution in [2.75, 3.05) is 26.7 Å². The molecule has 1 aliphatic heterocycles. The first-order valence-corrected chi connectivity index (χ1v) is 4.72. The molecule has 0 aromatic carbocycles. The lowest BCUT2D eigenvalue weighted by Gasteiger charge is -2.22. The Hall–Kier alpha value is -1.26. The number of urea groups is 1. The van der Waals surface area contributed by atoms with Crippen molar-refractivity contribution >= 4 is 12.0 Å². The minimum absolute atomic E-state index is 0.184. The van der Waals surface area contributed by atoms with Crippen molar-refractivity contribution < 1.29 is 14.7 Å². The Morgan fingerprint density at radius 1 is 1.57 bits per heavy atom. The maximum atomic E-state index is 11.6. The largest absolute Gasteiger partial charge is 0.480 e. The molecule has 1 heterocycles. The summed E-state index contributed by atoms with van der Waals surface area (Å²) in [4.78, 5) is 24.9. The average Bonchev–Trinajstić information content (AvgIpc) is 2.49. The molecule has 1 N–H and O–H groups in total. The number of carbonyl (C=O) groups excluding carboxylic acids is 1. The summed E-state index contributed by atoms with van der Waals surface area (Å²) >= 11 is 0. The van der Waals surface area contributed by atoms with E-state index in [0.717, 1.165) is 19.5 Å². The monoisotopic (exact) mass is 200 g/mol. The zero-order chi connectivity index (χ0) is 10.7. The molecule has 0 spiro atoms. The fourth-order valence-corrected chi connectivity index (χ4v) is 1.62. The maximum Gasteiger partial charge on any atom is 0.323 e. The Morgan fingerprint density at radius 2 is 2.21 bits per heavy atom. The highest BCUT2D eigenvalue weighted by atomic mass is 16.4. The van der Waals surface area contributed by atoms with Gasteiger partial charge in [-0.15, -0.1) is 0 Å². The molecule has 0 bridgehead atoms. The fraction of sp³-hybridized carbons (Fsp3) is 0.778. The SMILES string of the molecule is CC1CCN(C(=O)N(C)CC(=O)O)C1. The molecule has 2 amide bonds. The van der Waals surface area contributed by atoms with Gasteiger partial charge in [0.25, 0.3) is 0 Å². The molecule has 5 nitrogen and oxygen atoms in total. The van der Waals surface area contributed by atoms with Gasteiger partial charge in [-0.1, -0.05) is 6.92 Å². The van der Waals surface area contributed by atoms with E-state index < -0.39 is 5.97 Å². The predicted octanol–water partition coefficient (Wildman–Crippen LogP) is 0.465. The van der Waals surface area contributed by atoms with Crippen LogP contribution in [0.15, 0.2) is 0 Å². The Kier molecular flexibility index (Phi) is 3.33. The summed E-state index contributed by atoms with van der Waals surface area (Å²) in [6.45, 7) is 3.33. The molecule has 1 fully saturated rings. The molecule has 1 unspecified atom stereocenters. The molecular weight excluding hydrogens is 184 g/mol. The number of hydrogen-bond donors (Lipinski definition) is 1. The first-order chi connectivity index (χ1) is 6.50. The number of carboxylic acid groups (broad SMARTS) is 1. The van der Waals surface area contributed by atoms with Crippen LogP contribution in [0.5, 0.6) is 0 Å². The smallest absolute Gasteiger partial charge is 0.323 e. The summed E-state index contributed by atoms with van der Waals surface area (Å²) in [5, 5.41) is 8.52. The molecular formula is C9H16N2O3. The van der Waals surface area contributed by atoms with E-state index in [9.17, 15) is 9.59 Å². The summed E-state index contributed by atoms with van der Waals surface area (Å²) in [5.41, 5.74) is 0. The second-order valence-corrected chi connectivity index (χ2v) is 3.87. The number of rotatable bonds is 2. The number of amides is 2. The number of likely N-dealkylation sites (tertiary alicyclic amines) is 1. The van der Waals surface area contributed by atoms with E-state index in [1.807, 2.05) is 0 Å². The summed E-state index contributed by atoms with van der Waals surface area (Å²) in [6.07, 6.45) is 1.01. The molecule has 0 aliphatic carbocycles. The quantitative estimate of drug-likeness (QED) is 0.704. The Bertz CT molecular complexity index is 242. The normalized spacial score (nSPS) is 21.0. The third-order valence-corrected chi connectivity index (χ3v) is 2.39. The van der Waals surface area contributed by atoms with Crippen LogP contribution in [0.4, 0.5) is 4.79 Å². The highest BCUT2D eigenvalue weighted by Crippen LogP contribution is 2.16. The zero-order valence-corrected chi connectivity index (χ0v) is 8.56. The first-order valence-electron chi connectivity index (χ1n) is 4.72. The number of aliphatic carboxylic acids is 1. The van der Waals surface area contributed by atoms with Crippen LogP contribution in [0.3, 0.4) is 0 Å². The molecule has 1 rings (SSSR count). The summed E-state index contributed by atoms with van der Waals surface area (Å²) in [6, 6.07) is -0.184. The van der Waals surface area contributed by atoms with Crippen molar-refractivity contribution in [3.05, 3.63) is 0 Å². The van der Waals surface area contributed by atoms with Crippen LogP contribution < -0.4 is 0 Å². The van der Waals surface area contributed by atoms with E-state index in [1.54, 1.807) is 4.90 Å². The van der Waals surface area contributed by atoms with Gasteiger partial charge in [0.1, 0.15) is 6.54 Å². The van der Waals surface area contributed by atoms with E-state index in [4.69, 9.17) is 5.11 Å². The van der Waals surface area contributed by atoms with Gasteiger partial charge in [0.2, 0.25) is 0 Å². The minimum atomic E-state index is -0.979. The van der Waals surface area contributed by atoms with Gasteiger partial charge in [0.15, 0.2) is 0 Å². The van der Waals surface area contributed by atoms with Crippen molar-refractivity contribution in [1.29, 1.82) is 0 Å². The summed E-state index contributed by atoms with van der Waals surface area (Å²) < 4.78 is 0. The molecule has 0 aromatic rings. The van der Waals surface area contributed by atoms with Crippen LogP contribution in [0, 0.1) is 5.92 Å². The first kappa shape index (κ1) is 10.8. The standard InChI is InChI=1S/C9H16N2O3/c1-7-3-4-11(5-7)9(14)10(2)6-8(12)13/h7H,3-6H2,1-2H3,(H,12,13). The predicted molar refractivity (Wildman–Crippen MR) is 51.0 cm³/mol. The molecule has 1 atom stereocenters. The molecule has 5 heteroatoms. The van der Waals surface area contributed by atoms with Crippen molar-refractivity contribution in [3.63, 3.8) is 0 Å². The number of carbonyl (C=O) groups is 2. The fourth-order valence-electron chi connectivity index (χ4n) is 1.62. The Morgan fingerprint density at radius 3 is 2.64 bits per heavy atom. The molecule has 0 radical (unpaired) electrons. The van der Waals surface area contributed by atoms with Crippen molar-refractivity contribution in [2.24, 2.45) is 5.92 Å². The number of nitrogens with zero attached hydrogens (tertiary/aromatic N) is 2. The Balaban J connectivity index is 2.44. The lowest BCUT2D eigenvalue weighted by atomic mass is 10.2. The van der Waals surface area contributed by atoms with Gasteiger partial charge in [-0.3, -0.25) is 4.79 Å². The summed E-state index contributed by atoms with van der Waals surface area (Å²) in [5.74, 6) is -0.453. The Labute approximate surface area is 83.3 Å². The highest BCUT2D eigenvalue weighted by molar-refractivity contribution is 5.80. The highest BCUT2D eigenvalue weighted by Gasteiger charge is 2.26. The molecule has 1 saturated heterocycles. The van der Waals surface area contributed by atoms with Crippen molar-refractivity contribution in [1.82, 2.24) is 9.80 Å². The lowest BCUT2D eigenvalue weighted by molar-refractivity contribution is -0.137. The minimum Gasteiger partial charge on any atom is -0.480 e. The van der Waals surface area contributed by atoms with Crippen molar-refractivity contribution in [3.8, 4) is 0 Å².